The van der Waals surface area contributed by atoms with Crippen LogP contribution < -0.4 is 5.32 Å². The van der Waals surface area contributed by atoms with Crippen molar-refractivity contribution in [2.24, 2.45) is 0 Å². The molecule has 3 rings (SSSR count). The van der Waals surface area contributed by atoms with Crippen LogP contribution in [0.4, 0.5) is 0 Å². The minimum Gasteiger partial charge on any atom is -0.353 e. The summed E-state index contributed by atoms with van der Waals surface area (Å²) in [6.07, 6.45) is 2.22. The summed E-state index contributed by atoms with van der Waals surface area (Å²) in [6.45, 7) is 6.31. The third kappa shape index (κ3) is 3.58. The zero-order valence-electron chi connectivity index (χ0n) is 13.2. The van der Waals surface area contributed by atoms with E-state index in [-0.39, 0.29) is 11.3 Å². The Bertz CT molecular complexity index is 705. The minimum atomic E-state index is -0.115. The van der Waals surface area contributed by atoms with Gasteiger partial charge in [-0.05, 0) is 18.9 Å². The van der Waals surface area contributed by atoms with E-state index in [9.17, 15) is 4.79 Å². The van der Waals surface area contributed by atoms with Gasteiger partial charge in [-0.25, -0.2) is 9.97 Å². The summed E-state index contributed by atoms with van der Waals surface area (Å²) in [5.74, 6) is 1.31. The van der Waals surface area contributed by atoms with Gasteiger partial charge < -0.3 is 5.32 Å². The van der Waals surface area contributed by atoms with Crippen molar-refractivity contribution in [1.29, 1.82) is 0 Å². The second-order valence-electron chi connectivity index (χ2n) is 6.75. The molecular formula is C17H21N3OS. The van der Waals surface area contributed by atoms with Gasteiger partial charge in [-0.1, -0.05) is 50.7 Å². The summed E-state index contributed by atoms with van der Waals surface area (Å²) in [7, 11) is 0. The molecule has 1 aliphatic rings. The Balaban J connectivity index is 1.87. The Labute approximate surface area is 135 Å². The lowest BCUT2D eigenvalue weighted by Crippen LogP contribution is -2.27. The SMILES string of the molecule is CC(C)(C)c1nc(SCC(=O)NC2CC2)c2ccccc2n1. The fourth-order valence-corrected chi connectivity index (χ4v) is 2.95. The van der Waals surface area contributed by atoms with E-state index < -0.39 is 0 Å². The molecule has 1 aromatic carbocycles. The van der Waals surface area contributed by atoms with Gasteiger partial charge in [-0.3, -0.25) is 4.79 Å². The zero-order valence-corrected chi connectivity index (χ0v) is 14.0. The highest BCUT2D eigenvalue weighted by atomic mass is 32.2. The first-order valence-corrected chi connectivity index (χ1v) is 8.61. The topological polar surface area (TPSA) is 54.9 Å². The average molecular weight is 315 g/mol. The Kier molecular flexibility index (Phi) is 4.08. The summed E-state index contributed by atoms with van der Waals surface area (Å²) in [4.78, 5) is 21.3. The van der Waals surface area contributed by atoms with E-state index in [1.54, 1.807) is 0 Å². The summed E-state index contributed by atoms with van der Waals surface area (Å²) in [6, 6.07) is 8.39. The largest absolute Gasteiger partial charge is 0.353 e. The molecule has 1 fully saturated rings. The third-order valence-corrected chi connectivity index (χ3v) is 4.51. The molecule has 0 saturated heterocycles. The van der Waals surface area contributed by atoms with Gasteiger partial charge in [0.25, 0.3) is 0 Å². The minimum absolute atomic E-state index is 0.0903. The highest BCUT2D eigenvalue weighted by molar-refractivity contribution is 8.00. The second-order valence-corrected chi connectivity index (χ2v) is 7.71. The normalized spacial score (nSPS) is 15.0. The summed E-state index contributed by atoms with van der Waals surface area (Å²) < 4.78 is 0. The molecule has 0 radical (unpaired) electrons. The summed E-state index contributed by atoms with van der Waals surface area (Å²) >= 11 is 1.49. The Morgan fingerprint density at radius 1 is 1.27 bits per heavy atom. The quantitative estimate of drug-likeness (QED) is 0.695. The molecule has 1 aromatic heterocycles. The molecule has 22 heavy (non-hydrogen) atoms. The molecule has 0 aliphatic heterocycles. The maximum absolute atomic E-state index is 11.9. The molecule has 1 saturated carbocycles. The number of thioether (sulfide) groups is 1. The van der Waals surface area contributed by atoms with Crippen molar-refractivity contribution in [3.63, 3.8) is 0 Å². The molecule has 2 aromatic rings. The summed E-state index contributed by atoms with van der Waals surface area (Å²) in [5.41, 5.74) is 0.822. The molecule has 116 valence electrons. The van der Waals surface area contributed by atoms with E-state index >= 15 is 0 Å². The lowest BCUT2D eigenvalue weighted by atomic mass is 9.95. The standard InChI is InChI=1S/C17H21N3OS/c1-17(2,3)16-19-13-7-5-4-6-12(13)15(20-16)22-10-14(21)18-11-8-9-11/h4-7,11H,8-10H2,1-3H3,(H,18,21). The molecule has 5 heteroatoms. The highest BCUT2D eigenvalue weighted by Gasteiger charge is 2.24. The van der Waals surface area contributed by atoms with Crippen molar-refractivity contribution in [3.05, 3.63) is 30.1 Å². The number of para-hydroxylation sites is 1. The van der Waals surface area contributed by atoms with Crippen LogP contribution in [0, 0.1) is 0 Å². The molecule has 4 nitrogen and oxygen atoms in total. The predicted molar refractivity (Wildman–Crippen MR) is 90.1 cm³/mol. The highest BCUT2D eigenvalue weighted by Crippen LogP contribution is 2.29. The number of carbonyl (C=O) groups is 1. The maximum atomic E-state index is 11.9. The number of carbonyl (C=O) groups excluding carboxylic acids is 1. The lowest BCUT2D eigenvalue weighted by molar-refractivity contribution is -0.118. The molecule has 0 unspecified atom stereocenters. The number of aromatic nitrogens is 2. The number of amides is 1. The van der Waals surface area contributed by atoms with Crippen LogP contribution in [0.1, 0.15) is 39.4 Å². The number of hydrogen-bond acceptors (Lipinski definition) is 4. The van der Waals surface area contributed by atoms with Gasteiger partial charge >= 0.3 is 0 Å². The lowest BCUT2D eigenvalue weighted by Gasteiger charge is -2.18. The van der Waals surface area contributed by atoms with E-state index in [2.05, 4.69) is 31.1 Å². The second kappa shape index (κ2) is 5.88. The van der Waals surface area contributed by atoms with Crippen LogP contribution in [-0.4, -0.2) is 27.7 Å². The van der Waals surface area contributed by atoms with Gasteiger partial charge in [0.1, 0.15) is 10.9 Å². The number of nitrogens with one attached hydrogen (secondary N) is 1. The van der Waals surface area contributed by atoms with Crippen LogP contribution in [0.25, 0.3) is 10.9 Å². The van der Waals surface area contributed by atoms with Gasteiger partial charge in [0, 0.05) is 16.8 Å². The molecular weight excluding hydrogens is 294 g/mol. The molecule has 1 heterocycles. The van der Waals surface area contributed by atoms with E-state index in [1.165, 1.54) is 11.8 Å². The number of nitrogens with zero attached hydrogens (tertiary/aromatic N) is 2. The summed E-state index contributed by atoms with van der Waals surface area (Å²) in [5, 5.41) is 4.92. The first-order chi connectivity index (χ1) is 10.4. The zero-order chi connectivity index (χ0) is 15.7. The van der Waals surface area contributed by atoms with Crippen molar-refractivity contribution in [2.45, 2.75) is 50.1 Å². The Hall–Kier alpha value is -1.62. The number of rotatable bonds is 4. The molecule has 0 atom stereocenters. The van der Waals surface area contributed by atoms with Crippen LogP contribution in [0.15, 0.2) is 29.3 Å². The molecule has 0 spiro atoms. The van der Waals surface area contributed by atoms with E-state index in [0.717, 1.165) is 34.6 Å². The van der Waals surface area contributed by atoms with Crippen molar-refractivity contribution in [2.75, 3.05) is 5.75 Å². The molecule has 1 aliphatic carbocycles. The van der Waals surface area contributed by atoms with Crippen LogP contribution in [0.2, 0.25) is 0 Å². The fourth-order valence-electron chi connectivity index (χ4n) is 2.12. The van der Waals surface area contributed by atoms with E-state index in [4.69, 9.17) is 4.98 Å². The Morgan fingerprint density at radius 2 is 2.00 bits per heavy atom. The first-order valence-electron chi connectivity index (χ1n) is 7.63. The van der Waals surface area contributed by atoms with Crippen LogP contribution in [0.5, 0.6) is 0 Å². The number of benzene rings is 1. The number of fused-ring (bicyclic) bond motifs is 1. The van der Waals surface area contributed by atoms with Crippen molar-refractivity contribution < 1.29 is 4.79 Å². The molecule has 1 amide bonds. The van der Waals surface area contributed by atoms with Gasteiger partial charge in [0.15, 0.2) is 0 Å². The van der Waals surface area contributed by atoms with E-state index in [1.807, 2.05) is 24.3 Å². The van der Waals surface area contributed by atoms with E-state index in [0.29, 0.717) is 11.8 Å². The van der Waals surface area contributed by atoms with Crippen LogP contribution >= 0.6 is 11.8 Å². The average Bonchev–Trinajstić information content (AvgIpc) is 3.27. The fraction of sp³-hybridized carbons (Fsp3) is 0.471. The predicted octanol–water partition coefficient (Wildman–Crippen LogP) is 3.30. The molecule has 1 N–H and O–H groups in total. The number of hydrogen-bond donors (Lipinski definition) is 1. The van der Waals surface area contributed by atoms with Crippen molar-refractivity contribution in [3.8, 4) is 0 Å². The van der Waals surface area contributed by atoms with Gasteiger partial charge in [-0.15, -0.1) is 0 Å². The first kappa shape index (κ1) is 15.3. The Morgan fingerprint density at radius 3 is 2.68 bits per heavy atom. The maximum Gasteiger partial charge on any atom is 0.230 e. The van der Waals surface area contributed by atoms with Gasteiger partial charge in [0.2, 0.25) is 5.91 Å². The van der Waals surface area contributed by atoms with Crippen molar-refractivity contribution >= 4 is 28.6 Å². The van der Waals surface area contributed by atoms with Crippen LogP contribution in [-0.2, 0) is 10.2 Å². The monoisotopic (exact) mass is 315 g/mol. The van der Waals surface area contributed by atoms with Gasteiger partial charge in [-0.2, -0.15) is 0 Å². The van der Waals surface area contributed by atoms with Crippen LogP contribution in [0.3, 0.4) is 0 Å². The smallest absolute Gasteiger partial charge is 0.230 e. The van der Waals surface area contributed by atoms with Gasteiger partial charge in [0.05, 0.1) is 11.3 Å². The third-order valence-electron chi connectivity index (χ3n) is 3.52. The molecule has 0 bridgehead atoms. The van der Waals surface area contributed by atoms with Crippen molar-refractivity contribution in [1.82, 2.24) is 15.3 Å².